The Morgan fingerprint density at radius 1 is 0.351 bits per heavy atom. The fourth-order valence-electron chi connectivity index (χ4n) is 6.01. The molecule has 0 spiro atoms. The van der Waals surface area contributed by atoms with Crippen molar-refractivity contribution >= 4 is 0 Å². The monoisotopic (exact) mass is 519 g/mol. The van der Waals surface area contributed by atoms with Crippen LogP contribution in [0.25, 0.3) is 0 Å². The van der Waals surface area contributed by atoms with Gasteiger partial charge in [-0.25, -0.2) is 0 Å². The Kier molecular flexibility index (Phi) is 25.0. The maximum absolute atomic E-state index is 2.70. The molecule has 1 aliphatic heterocycles. The molecular formula is C35H70N2. The molecule has 2 heteroatoms. The molecule has 0 aromatic rings. The zero-order valence-corrected chi connectivity index (χ0v) is 26.1. The standard InChI is InChI=1S/C35H70N2/c1-4-7-10-13-16-18-19-21-23-26-29-32-37-34-33-36(35(37)30-27-24-15-12-9-6-3)31-28-25-22-20-17-14-11-8-5-2/h33-35H,4-32H2,1-3H3. The highest BCUT2D eigenvalue weighted by molar-refractivity contribution is 4.97. The molecule has 1 rings (SSSR count). The van der Waals surface area contributed by atoms with Gasteiger partial charge in [-0.3, -0.25) is 0 Å². The second-order valence-corrected chi connectivity index (χ2v) is 12.2. The van der Waals surface area contributed by atoms with Crippen LogP contribution in [0.4, 0.5) is 0 Å². The molecule has 1 heterocycles. The van der Waals surface area contributed by atoms with E-state index >= 15 is 0 Å². The molecule has 0 N–H and O–H groups in total. The van der Waals surface area contributed by atoms with Gasteiger partial charge in [0, 0.05) is 25.5 Å². The van der Waals surface area contributed by atoms with E-state index in [-0.39, 0.29) is 0 Å². The van der Waals surface area contributed by atoms with Gasteiger partial charge in [0.15, 0.2) is 0 Å². The first-order valence-electron chi connectivity index (χ1n) is 17.5. The lowest BCUT2D eigenvalue weighted by atomic mass is 10.1. The highest BCUT2D eigenvalue weighted by Crippen LogP contribution is 2.24. The summed E-state index contributed by atoms with van der Waals surface area (Å²) < 4.78 is 0. The van der Waals surface area contributed by atoms with Crippen molar-refractivity contribution in [2.75, 3.05) is 13.1 Å². The van der Waals surface area contributed by atoms with E-state index in [4.69, 9.17) is 0 Å². The second-order valence-electron chi connectivity index (χ2n) is 12.2. The molecule has 1 aliphatic rings. The molecule has 1 unspecified atom stereocenters. The summed E-state index contributed by atoms with van der Waals surface area (Å²) in [6.07, 6.45) is 44.0. The molecular weight excluding hydrogens is 448 g/mol. The number of unbranched alkanes of at least 4 members (excludes halogenated alkanes) is 23. The Bertz CT molecular complexity index is 474. The maximum Gasteiger partial charge on any atom is 0.101 e. The van der Waals surface area contributed by atoms with Crippen molar-refractivity contribution < 1.29 is 0 Å². The van der Waals surface area contributed by atoms with Crippen LogP contribution in [0.1, 0.15) is 194 Å². The lowest BCUT2D eigenvalue weighted by Crippen LogP contribution is -2.39. The van der Waals surface area contributed by atoms with Crippen LogP contribution < -0.4 is 0 Å². The normalized spacial score (nSPS) is 15.4. The van der Waals surface area contributed by atoms with Crippen molar-refractivity contribution in [2.45, 2.75) is 200 Å². The zero-order chi connectivity index (χ0) is 26.7. The van der Waals surface area contributed by atoms with E-state index in [0.717, 1.165) is 0 Å². The minimum Gasteiger partial charge on any atom is -0.356 e. The van der Waals surface area contributed by atoms with Crippen LogP contribution in [0.5, 0.6) is 0 Å². The minimum atomic E-state index is 0.642. The van der Waals surface area contributed by atoms with Crippen LogP contribution >= 0.6 is 0 Å². The van der Waals surface area contributed by atoms with Crippen molar-refractivity contribution in [2.24, 2.45) is 0 Å². The summed E-state index contributed by atoms with van der Waals surface area (Å²) in [4.78, 5) is 5.40. The molecule has 0 amide bonds. The summed E-state index contributed by atoms with van der Waals surface area (Å²) in [7, 11) is 0. The van der Waals surface area contributed by atoms with Crippen LogP contribution in [0.3, 0.4) is 0 Å². The van der Waals surface area contributed by atoms with Crippen LogP contribution in [0.15, 0.2) is 12.4 Å². The van der Waals surface area contributed by atoms with Crippen LogP contribution in [0, 0.1) is 0 Å². The smallest absolute Gasteiger partial charge is 0.101 e. The lowest BCUT2D eigenvalue weighted by Gasteiger charge is -2.33. The molecule has 0 radical (unpaired) electrons. The van der Waals surface area contributed by atoms with Gasteiger partial charge in [-0.2, -0.15) is 0 Å². The van der Waals surface area contributed by atoms with Crippen molar-refractivity contribution in [3.05, 3.63) is 12.4 Å². The van der Waals surface area contributed by atoms with E-state index in [2.05, 4.69) is 43.0 Å². The first kappa shape index (κ1) is 34.4. The molecule has 0 saturated heterocycles. The fraction of sp³-hybridized carbons (Fsp3) is 0.943. The van der Waals surface area contributed by atoms with E-state index in [1.165, 1.54) is 186 Å². The Morgan fingerprint density at radius 2 is 0.622 bits per heavy atom. The van der Waals surface area contributed by atoms with Gasteiger partial charge in [0.1, 0.15) is 6.17 Å². The molecule has 0 saturated carbocycles. The summed E-state index contributed by atoms with van der Waals surface area (Å²) >= 11 is 0. The van der Waals surface area contributed by atoms with Crippen molar-refractivity contribution in [3.8, 4) is 0 Å². The molecule has 0 aliphatic carbocycles. The molecule has 220 valence electrons. The first-order valence-corrected chi connectivity index (χ1v) is 17.5. The highest BCUT2D eigenvalue weighted by Gasteiger charge is 2.24. The van der Waals surface area contributed by atoms with E-state index in [9.17, 15) is 0 Å². The van der Waals surface area contributed by atoms with Gasteiger partial charge < -0.3 is 9.80 Å². The number of nitrogens with zero attached hydrogens (tertiary/aromatic N) is 2. The van der Waals surface area contributed by atoms with E-state index in [0.29, 0.717) is 6.17 Å². The Labute approximate surface area is 235 Å². The number of rotatable bonds is 29. The third-order valence-corrected chi connectivity index (χ3v) is 8.57. The largest absolute Gasteiger partial charge is 0.356 e. The highest BCUT2D eigenvalue weighted by atomic mass is 15.4. The topological polar surface area (TPSA) is 6.48 Å². The zero-order valence-electron chi connectivity index (χ0n) is 26.1. The summed E-state index contributed by atoms with van der Waals surface area (Å²) in [6.45, 7) is 9.47. The van der Waals surface area contributed by atoms with Crippen molar-refractivity contribution in [3.63, 3.8) is 0 Å². The van der Waals surface area contributed by atoms with Gasteiger partial charge in [0.2, 0.25) is 0 Å². The predicted octanol–water partition coefficient (Wildman–Crippen LogP) is 12.0. The average molecular weight is 519 g/mol. The SMILES string of the molecule is CCCCCCCCCCCCCN1C=CN(CCCCCCCCCCC)C1CCCCCCCC. The van der Waals surface area contributed by atoms with Crippen LogP contribution in [-0.2, 0) is 0 Å². The summed E-state index contributed by atoms with van der Waals surface area (Å²) in [5.41, 5.74) is 0. The Hall–Kier alpha value is -0.660. The Morgan fingerprint density at radius 3 is 0.946 bits per heavy atom. The molecule has 0 aromatic heterocycles. The first-order chi connectivity index (χ1) is 18.3. The lowest BCUT2D eigenvalue weighted by molar-refractivity contribution is 0.135. The molecule has 1 atom stereocenters. The van der Waals surface area contributed by atoms with Gasteiger partial charge in [-0.05, 0) is 25.7 Å². The van der Waals surface area contributed by atoms with Gasteiger partial charge in [-0.15, -0.1) is 0 Å². The third kappa shape index (κ3) is 20.0. The quantitative estimate of drug-likeness (QED) is 0.0908. The van der Waals surface area contributed by atoms with Gasteiger partial charge >= 0.3 is 0 Å². The Balaban J connectivity index is 2.21. The summed E-state index contributed by atoms with van der Waals surface area (Å²) in [5.74, 6) is 0. The van der Waals surface area contributed by atoms with Crippen LogP contribution in [0.2, 0.25) is 0 Å². The van der Waals surface area contributed by atoms with Crippen molar-refractivity contribution in [1.29, 1.82) is 0 Å². The molecule has 0 aromatic carbocycles. The minimum absolute atomic E-state index is 0.642. The summed E-state index contributed by atoms with van der Waals surface area (Å²) in [5, 5.41) is 0. The van der Waals surface area contributed by atoms with Gasteiger partial charge in [0.05, 0.1) is 0 Å². The van der Waals surface area contributed by atoms with E-state index < -0.39 is 0 Å². The van der Waals surface area contributed by atoms with Gasteiger partial charge in [0.25, 0.3) is 0 Å². The molecule has 2 nitrogen and oxygen atoms in total. The van der Waals surface area contributed by atoms with Crippen LogP contribution in [-0.4, -0.2) is 29.1 Å². The van der Waals surface area contributed by atoms with E-state index in [1.807, 2.05) is 0 Å². The van der Waals surface area contributed by atoms with Crippen molar-refractivity contribution in [1.82, 2.24) is 9.80 Å². The molecule has 0 bridgehead atoms. The van der Waals surface area contributed by atoms with Gasteiger partial charge in [-0.1, -0.05) is 168 Å². The second kappa shape index (κ2) is 26.9. The maximum atomic E-state index is 2.70. The molecule has 37 heavy (non-hydrogen) atoms. The fourth-order valence-corrected chi connectivity index (χ4v) is 6.01. The summed E-state index contributed by atoms with van der Waals surface area (Å²) in [6, 6.07) is 0. The third-order valence-electron chi connectivity index (χ3n) is 8.57. The molecule has 0 fully saturated rings. The number of hydrogen-bond donors (Lipinski definition) is 0. The number of hydrogen-bond acceptors (Lipinski definition) is 2. The van der Waals surface area contributed by atoms with E-state index in [1.54, 1.807) is 0 Å². The average Bonchev–Trinajstić information content (AvgIpc) is 3.29. The predicted molar refractivity (Wildman–Crippen MR) is 168 cm³/mol.